The molecule has 4 heteroatoms. The molecule has 14 heavy (non-hydrogen) atoms. The molecule has 0 amide bonds. The fourth-order valence-corrected chi connectivity index (χ4v) is 1.96. The summed E-state index contributed by atoms with van der Waals surface area (Å²) in [6.07, 6.45) is 0.472. The predicted octanol–water partition coefficient (Wildman–Crippen LogP) is 1.62. The third-order valence-electron chi connectivity index (χ3n) is 2.46. The second kappa shape index (κ2) is 3.67. The van der Waals surface area contributed by atoms with Gasteiger partial charge in [0, 0.05) is 13.1 Å². The molecule has 0 aromatic heterocycles. The van der Waals surface area contributed by atoms with Gasteiger partial charge in [-0.25, -0.2) is 0 Å². The minimum atomic E-state index is -0.284. The van der Waals surface area contributed by atoms with E-state index < -0.39 is 0 Å². The molecule has 1 aliphatic rings. The lowest BCUT2D eigenvalue weighted by Gasteiger charge is -2.19. The number of benzene rings is 1. The Morgan fingerprint density at radius 2 is 2.21 bits per heavy atom. The van der Waals surface area contributed by atoms with Gasteiger partial charge < -0.3 is 15.1 Å². The van der Waals surface area contributed by atoms with E-state index in [-0.39, 0.29) is 11.9 Å². The average molecular weight is 214 g/mol. The van der Waals surface area contributed by atoms with Crippen molar-refractivity contribution in [1.29, 1.82) is 0 Å². The molecular weight excluding hydrogens is 202 g/mol. The number of β-amino-alcohol motifs (C(OH)–C–C–N with tert-alkyl or cyclic N) is 1. The second-order valence-electron chi connectivity index (χ2n) is 3.50. The van der Waals surface area contributed by atoms with Gasteiger partial charge in [0.05, 0.1) is 11.8 Å². The molecule has 76 valence electrons. The first-order chi connectivity index (χ1) is 6.68. The third kappa shape index (κ3) is 1.65. The van der Waals surface area contributed by atoms with Crippen LogP contribution < -0.4 is 4.90 Å². The number of anilines is 1. The van der Waals surface area contributed by atoms with Gasteiger partial charge in [0.25, 0.3) is 0 Å². The number of hydrogen-bond acceptors (Lipinski definition) is 3. The summed E-state index contributed by atoms with van der Waals surface area (Å²) in [6.45, 7) is 1.37. The number of hydrogen-bond donors (Lipinski definition) is 2. The summed E-state index contributed by atoms with van der Waals surface area (Å²) >= 11 is 5.95. The molecule has 1 saturated heterocycles. The number of aliphatic hydroxyl groups excluding tert-OH is 1. The molecule has 0 unspecified atom stereocenters. The predicted molar refractivity (Wildman–Crippen MR) is 56.0 cm³/mol. The van der Waals surface area contributed by atoms with E-state index in [1.165, 1.54) is 0 Å². The van der Waals surface area contributed by atoms with E-state index in [1.807, 2.05) is 11.0 Å². The first-order valence-electron chi connectivity index (χ1n) is 4.59. The molecule has 0 bridgehead atoms. The number of phenols is 1. The van der Waals surface area contributed by atoms with Gasteiger partial charge in [-0.2, -0.15) is 0 Å². The Balaban J connectivity index is 2.28. The molecule has 0 radical (unpaired) electrons. The van der Waals surface area contributed by atoms with E-state index >= 15 is 0 Å². The van der Waals surface area contributed by atoms with Crippen molar-refractivity contribution in [1.82, 2.24) is 0 Å². The van der Waals surface area contributed by atoms with Crippen molar-refractivity contribution in [3.63, 3.8) is 0 Å². The zero-order chi connectivity index (χ0) is 10.1. The minimum Gasteiger partial charge on any atom is -0.506 e. The van der Waals surface area contributed by atoms with Crippen LogP contribution in [0.3, 0.4) is 0 Å². The quantitative estimate of drug-likeness (QED) is 0.745. The smallest absolute Gasteiger partial charge is 0.136 e. The van der Waals surface area contributed by atoms with Crippen LogP contribution in [0.4, 0.5) is 5.69 Å². The summed E-state index contributed by atoms with van der Waals surface area (Å²) in [7, 11) is 0. The van der Waals surface area contributed by atoms with Crippen molar-refractivity contribution in [2.75, 3.05) is 18.0 Å². The van der Waals surface area contributed by atoms with Crippen molar-refractivity contribution in [3.05, 3.63) is 23.2 Å². The van der Waals surface area contributed by atoms with E-state index in [9.17, 15) is 10.2 Å². The lowest BCUT2D eigenvalue weighted by Crippen LogP contribution is -2.21. The van der Waals surface area contributed by atoms with Gasteiger partial charge in [0.1, 0.15) is 10.8 Å². The fourth-order valence-electron chi connectivity index (χ4n) is 1.71. The van der Waals surface area contributed by atoms with Gasteiger partial charge in [0.15, 0.2) is 0 Å². The van der Waals surface area contributed by atoms with Gasteiger partial charge >= 0.3 is 0 Å². The van der Waals surface area contributed by atoms with Crippen LogP contribution in [0.1, 0.15) is 6.42 Å². The van der Waals surface area contributed by atoms with Crippen LogP contribution in [0.25, 0.3) is 0 Å². The zero-order valence-corrected chi connectivity index (χ0v) is 8.41. The van der Waals surface area contributed by atoms with Crippen molar-refractivity contribution < 1.29 is 10.2 Å². The lowest BCUT2D eigenvalue weighted by molar-refractivity contribution is 0.198. The monoisotopic (exact) mass is 213 g/mol. The first kappa shape index (κ1) is 9.62. The maximum Gasteiger partial charge on any atom is 0.136 e. The number of rotatable bonds is 1. The number of nitrogens with zero attached hydrogens (tertiary/aromatic N) is 1. The summed E-state index contributed by atoms with van der Waals surface area (Å²) in [5, 5.41) is 19.1. The fraction of sp³-hybridized carbons (Fsp3) is 0.400. The van der Waals surface area contributed by atoms with Gasteiger partial charge in [0.2, 0.25) is 0 Å². The van der Waals surface area contributed by atoms with Crippen LogP contribution in [0.2, 0.25) is 5.02 Å². The molecule has 0 aliphatic carbocycles. The SMILES string of the molecule is Oc1cccc(N2CC[C@H](O)C2)c1Cl. The van der Waals surface area contributed by atoms with Crippen molar-refractivity contribution in [3.8, 4) is 5.75 Å². The van der Waals surface area contributed by atoms with Crippen LogP contribution in [0, 0.1) is 0 Å². The average Bonchev–Trinajstić information content (AvgIpc) is 2.57. The lowest BCUT2D eigenvalue weighted by atomic mass is 10.3. The van der Waals surface area contributed by atoms with Gasteiger partial charge in [-0.15, -0.1) is 0 Å². The highest BCUT2D eigenvalue weighted by molar-refractivity contribution is 6.34. The molecule has 1 fully saturated rings. The highest BCUT2D eigenvalue weighted by Crippen LogP contribution is 2.34. The van der Waals surface area contributed by atoms with E-state index in [0.29, 0.717) is 11.6 Å². The Labute approximate surface area is 87.5 Å². The molecule has 1 atom stereocenters. The number of halogens is 1. The molecule has 0 spiro atoms. The topological polar surface area (TPSA) is 43.7 Å². The summed E-state index contributed by atoms with van der Waals surface area (Å²) in [6, 6.07) is 5.15. The zero-order valence-electron chi connectivity index (χ0n) is 7.65. The van der Waals surface area contributed by atoms with E-state index in [1.54, 1.807) is 12.1 Å². The first-order valence-corrected chi connectivity index (χ1v) is 4.97. The Bertz CT molecular complexity index is 343. The molecular formula is C10H12ClNO2. The molecule has 2 rings (SSSR count). The van der Waals surface area contributed by atoms with Crippen LogP contribution in [-0.2, 0) is 0 Å². The normalized spacial score (nSPS) is 21.6. The standard InChI is InChI=1S/C10H12ClNO2/c11-10-8(2-1-3-9(10)14)12-5-4-7(13)6-12/h1-3,7,13-14H,4-6H2/t7-/m0/s1. The highest BCUT2D eigenvalue weighted by Gasteiger charge is 2.22. The minimum absolute atomic E-state index is 0.0885. The largest absolute Gasteiger partial charge is 0.506 e. The van der Waals surface area contributed by atoms with E-state index in [0.717, 1.165) is 18.7 Å². The molecule has 0 saturated carbocycles. The van der Waals surface area contributed by atoms with E-state index in [2.05, 4.69) is 0 Å². The second-order valence-corrected chi connectivity index (χ2v) is 3.88. The van der Waals surface area contributed by atoms with Gasteiger partial charge in [-0.05, 0) is 18.6 Å². The van der Waals surface area contributed by atoms with Crippen LogP contribution in [0.15, 0.2) is 18.2 Å². The number of phenolic OH excluding ortho intramolecular Hbond substituents is 1. The Hall–Kier alpha value is -0.930. The van der Waals surface area contributed by atoms with Crippen LogP contribution in [0.5, 0.6) is 5.75 Å². The molecule has 1 heterocycles. The highest BCUT2D eigenvalue weighted by atomic mass is 35.5. The van der Waals surface area contributed by atoms with Crippen LogP contribution in [-0.4, -0.2) is 29.4 Å². The van der Waals surface area contributed by atoms with Gasteiger partial charge in [-0.3, -0.25) is 0 Å². The van der Waals surface area contributed by atoms with Gasteiger partial charge in [-0.1, -0.05) is 17.7 Å². The maximum atomic E-state index is 9.41. The van der Waals surface area contributed by atoms with Crippen molar-refractivity contribution in [2.24, 2.45) is 0 Å². The maximum absolute atomic E-state index is 9.41. The number of aromatic hydroxyl groups is 1. The number of aliphatic hydroxyl groups is 1. The molecule has 3 nitrogen and oxygen atoms in total. The van der Waals surface area contributed by atoms with Crippen LogP contribution >= 0.6 is 11.6 Å². The Morgan fingerprint density at radius 1 is 1.43 bits per heavy atom. The van der Waals surface area contributed by atoms with Crippen molar-refractivity contribution >= 4 is 17.3 Å². The summed E-state index contributed by atoms with van der Waals surface area (Å²) in [4.78, 5) is 1.98. The van der Waals surface area contributed by atoms with E-state index in [4.69, 9.17) is 11.6 Å². The summed E-state index contributed by atoms with van der Waals surface area (Å²) in [5.41, 5.74) is 0.795. The third-order valence-corrected chi connectivity index (χ3v) is 2.85. The Morgan fingerprint density at radius 3 is 2.86 bits per heavy atom. The molecule has 1 aliphatic heterocycles. The van der Waals surface area contributed by atoms with Crippen molar-refractivity contribution in [2.45, 2.75) is 12.5 Å². The molecule has 1 aromatic carbocycles. The summed E-state index contributed by atoms with van der Waals surface area (Å²) < 4.78 is 0. The Kier molecular flexibility index (Phi) is 2.52. The molecule has 1 aromatic rings. The molecule has 2 N–H and O–H groups in total. The summed E-state index contributed by atoms with van der Waals surface area (Å²) in [5.74, 6) is 0.0885.